The molecule has 0 amide bonds. The molecule has 1 unspecified atom stereocenters. The highest BCUT2D eigenvalue weighted by Gasteiger charge is 2.41. The summed E-state index contributed by atoms with van der Waals surface area (Å²) in [4.78, 5) is 17.2. The van der Waals surface area contributed by atoms with Crippen molar-refractivity contribution in [3.8, 4) is 0 Å². The summed E-state index contributed by atoms with van der Waals surface area (Å²) in [7, 11) is 0. The van der Waals surface area contributed by atoms with Gasteiger partial charge in [0, 0.05) is 29.2 Å². The molecule has 2 aromatic rings. The molecule has 7 heteroatoms. The Bertz CT molecular complexity index is 784. The van der Waals surface area contributed by atoms with Gasteiger partial charge in [0.05, 0.1) is 10.9 Å². The SMILES string of the molecule is CC1(C(=O)O)CCN(c2cc(C(F)F)nc3ccc(Cl)cc23)C1. The highest BCUT2D eigenvalue weighted by molar-refractivity contribution is 6.31. The Morgan fingerprint density at radius 2 is 2.17 bits per heavy atom. The fourth-order valence-corrected chi connectivity index (χ4v) is 3.09. The molecule has 0 spiro atoms. The molecule has 23 heavy (non-hydrogen) atoms. The van der Waals surface area contributed by atoms with E-state index in [1.54, 1.807) is 25.1 Å². The maximum Gasteiger partial charge on any atom is 0.311 e. The number of aliphatic carboxylic acids is 1. The summed E-state index contributed by atoms with van der Waals surface area (Å²) >= 11 is 6.02. The third-order valence-electron chi connectivity index (χ3n) is 4.32. The molecule has 1 atom stereocenters. The van der Waals surface area contributed by atoms with Crippen LogP contribution in [-0.2, 0) is 4.79 Å². The zero-order valence-electron chi connectivity index (χ0n) is 12.4. The van der Waals surface area contributed by atoms with Gasteiger partial charge in [-0.05, 0) is 37.6 Å². The standard InChI is InChI=1S/C16H15ClF2N2O2/c1-16(15(22)23)4-5-21(8-16)13-7-12(14(18)19)20-11-3-2-9(17)6-10(11)13/h2-3,6-7,14H,4-5,8H2,1H3,(H,22,23). The lowest BCUT2D eigenvalue weighted by Gasteiger charge is -2.23. The number of hydrogen-bond acceptors (Lipinski definition) is 3. The first-order valence-corrected chi connectivity index (χ1v) is 7.55. The molecule has 1 aliphatic rings. The monoisotopic (exact) mass is 340 g/mol. The number of rotatable bonds is 3. The number of nitrogens with zero attached hydrogens (tertiary/aromatic N) is 2. The average molecular weight is 341 g/mol. The third kappa shape index (κ3) is 2.83. The molecule has 1 fully saturated rings. The van der Waals surface area contributed by atoms with Gasteiger partial charge >= 0.3 is 5.97 Å². The normalized spacial score (nSPS) is 21.3. The number of aromatic nitrogens is 1. The van der Waals surface area contributed by atoms with E-state index in [2.05, 4.69) is 4.98 Å². The molecule has 1 N–H and O–H groups in total. The van der Waals surface area contributed by atoms with E-state index in [1.165, 1.54) is 6.07 Å². The maximum atomic E-state index is 13.1. The lowest BCUT2D eigenvalue weighted by Crippen LogP contribution is -2.31. The highest BCUT2D eigenvalue weighted by Crippen LogP contribution is 2.38. The van der Waals surface area contributed by atoms with Gasteiger partial charge in [-0.25, -0.2) is 13.8 Å². The van der Waals surface area contributed by atoms with Gasteiger partial charge in [0.15, 0.2) is 0 Å². The van der Waals surface area contributed by atoms with E-state index in [0.717, 1.165) is 0 Å². The Hall–Kier alpha value is -1.95. The minimum absolute atomic E-state index is 0.261. The molecule has 2 heterocycles. The Balaban J connectivity index is 2.12. The summed E-state index contributed by atoms with van der Waals surface area (Å²) in [5.74, 6) is -0.884. The van der Waals surface area contributed by atoms with E-state index >= 15 is 0 Å². The summed E-state index contributed by atoms with van der Waals surface area (Å²) in [6, 6.07) is 6.20. The van der Waals surface area contributed by atoms with E-state index in [1.807, 2.05) is 4.90 Å². The van der Waals surface area contributed by atoms with Crippen molar-refractivity contribution in [3.63, 3.8) is 0 Å². The fraction of sp³-hybridized carbons (Fsp3) is 0.375. The third-order valence-corrected chi connectivity index (χ3v) is 4.56. The number of pyridine rings is 1. The number of benzene rings is 1. The van der Waals surface area contributed by atoms with Gasteiger partial charge < -0.3 is 10.0 Å². The van der Waals surface area contributed by atoms with Crippen LogP contribution in [0, 0.1) is 5.41 Å². The second kappa shape index (κ2) is 5.60. The van der Waals surface area contributed by atoms with Crippen molar-refractivity contribution in [2.45, 2.75) is 19.8 Å². The number of carbonyl (C=O) groups is 1. The molecule has 0 bridgehead atoms. The number of alkyl halides is 2. The second-order valence-electron chi connectivity index (χ2n) is 6.07. The van der Waals surface area contributed by atoms with Crippen molar-refractivity contribution in [3.05, 3.63) is 35.0 Å². The quantitative estimate of drug-likeness (QED) is 0.913. The first kappa shape index (κ1) is 15.9. The summed E-state index contributed by atoms with van der Waals surface area (Å²) in [6.45, 7) is 2.41. The number of halogens is 3. The van der Waals surface area contributed by atoms with E-state index in [4.69, 9.17) is 11.6 Å². The second-order valence-corrected chi connectivity index (χ2v) is 6.50. The maximum absolute atomic E-state index is 13.1. The Kier molecular flexibility index (Phi) is 3.88. The first-order chi connectivity index (χ1) is 10.8. The van der Waals surface area contributed by atoms with Crippen LogP contribution in [0.4, 0.5) is 14.5 Å². The van der Waals surface area contributed by atoms with Crippen molar-refractivity contribution < 1.29 is 18.7 Å². The largest absolute Gasteiger partial charge is 0.481 e. The van der Waals surface area contributed by atoms with E-state index < -0.39 is 17.8 Å². The molecule has 122 valence electrons. The molecular formula is C16H15ClF2N2O2. The molecule has 1 aromatic heterocycles. The topological polar surface area (TPSA) is 53.4 Å². The van der Waals surface area contributed by atoms with Crippen LogP contribution in [0.15, 0.2) is 24.3 Å². The summed E-state index contributed by atoms with van der Waals surface area (Å²) in [6.07, 6.45) is -2.24. The molecule has 0 aliphatic carbocycles. The molecule has 1 aromatic carbocycles. The van der Waals surface area contributed by atoms with Crippen molar-refractivity contribution in [1.29, 1.82) is 0 Å². The van der Waals surface area contributed by atoms with Gasteiger partial charge in [0.25, 0.3) is 6.43 Å². The minimum Gasteiger partial charge on any atom is -0.481 e. The Labute approximate surface area is 136 Å². The van der Waals surface area contributed by atoms with Crippen LogP contribution in [0.3, 0.4) is 0 Å². The molecule has 1 aliphatic heterocycles. The van der Waals surface area contributed by atoms with Crippen molar-refractivity contribution in [2.24, 2.45) is 5.41 Å². The van der Waals surface area contributed by atoms with Gasteiger partial charge in [-0.15, -0.1) is 0 Å². The molecule has 0 radical (unpaired) electrons. The van der Waals surface area contributed by atoms with Crippen LogP contribution in [0.2, 0.25) is 5.02 Å². The summed E-state index contributed by atoms with van der Waals surface area (Å²) < 4.78 is 26.2. The van der Waals surface area contributed by atoms with Crippen molar-refractivity contribution in [1.82, 2.24) is 4.98 Å². The Morgan fingerprint density at radius 1 is 1.43 bits per heavy atom. The summed E-state index contributed by atoms with van der Waals surface area (Å²) in [5, 5.41) is 10.5. The van der Waals surface area contributed by atoms with Crippen LogP contribution in [-0.4, -0.2) is 29.1 Å². The van der Waals surface area contributed by atoms with Crippen LogP contribution < -0.4 is 4.90 Å². The zero-order valence-corrected chi connectivity index (χ0v) is 13.1. The number of anilines is 1. The minimum atomic E-state index is -2.69. The smallest absolute Gasteiger partial charge is 0.311 e. The molecule has 1 saturated heterocycles. The average Bonchev–Trinajstić information content (AvgIpc) is 2.90. The number of fused-ring (bicyclic) bond motifs is 1. The number of carboxylic acid groups (broad SMARTS) is 1. The predicted octanol–water partition coefficient (Wildman–Crippen LogP) is 4.13. The van der Waals surface area contributed by atoms with Crippen LogP contribution in [0.1, 0.15) is 25.5 Å². The highest BCUT2D eigenvalue weighted by atomic mass is 35.5. The van der Waals surface area contributed by atoms with Gasteiger partial charge in [-0.1, -0.05) is 11.6 Å². The van der Waals surface area contributed by atoms with E-state index in [0.29, 0.717) is 34.6 Å². The van der Waals surface area contributed by atoms with E-state index in [9.17, 15) is 18.7 Å². The predicted molar refractivity (Wildman–Crippen MR) is 84.3 cm³/mol. The van der Waals surface area contributed by atoms with Gasteiger partial charge in [0.2, 0.25) is 0 Å². The molecule has 4 nitrogen and oxygen atoms in total. The lowest BCUT2D eigenvalue weighted by molar-refractivity contribution is -0.146. The van der Waals surface area contributed by atoms with Crippen LogP contribution in [0.5, 0.6) is 0 Å². The van der Waals surface area contributed by atoms with Gasteiger partial charge in [0.1, 0.15) is 5.69 Å². The zero-order chi connectivity index (χ0) is 16.8. The van der Waals surface area contributed by atoms with Gasteiger partial charge in [-0.3, -0.25) is 4.79 Å². The Morgan fingerprint density at radius 3 is 2.78 bits per heavy atom. The molecular weight excluding hydrogens is 326 g/mol. The molecule has 0 saturated carbocycles. The van der Waals surface area contributed by atoms with Crippen molar-refractivity contribution >= 4 is 34.2 Å². The number of hydrogen-bond donors (Lipinski definition) is 1. The number of carboxylic acids is 1. The lowest BCUT2D eigenvalue weighted by atomic mass is 9.90. The van der Waals surface area contributed by atoms with Crippen molar-refractivity contribution in [2.75, 3.05) is 18.0 Å². The van der Waals surface area contributed by atoms with E-state index in [-0.39, 0.29) is 12.2 Å². The fourth-order valence-electron chi connectivity index (χ4n) is 2.91. The summed E-state index contributed by atoms with van der Waals surface area (Å²) in [5.41, 5.74) is -0.234. The van der Waals surface area contributed by atoms with Crippen LogP contribution in [0.25, 0.3) is 10.9 Å². The molecule has 3 rings (SSSR count). The van der Waals surface area contributed by atoms with Gasteiger partial charge in [-0.2, -0.15) is 0 Å². The first-order valence-electron chi connectivity index (χ1n) is 7.17. The van der Waals surface area contributed by atoms with Crippen LogP contribution >= 0.6 is 11.6 Å².